The maximum atomic E-state index is 11.3. The molecule has 160 valence electrons. The number of carbonyl (C=O) groups is 1. The topological polar surface area (TPSA) is 255 Å². The molecule has 10 N–H and O–H groups in total. The molecule has 0 spiro atoms. The lowest BCUT2D eigenvalue weighted by Crippen LogP contribution is -2.73. The molecule has 14 nitrogen and oxygen atoms in total. The van der Waals surface area contributed by atoms with Crippen molar-refractivity contribution in [1.29, 1.82) is 0 Å². The first kappa shape index (κ1) is 24.5. The van der Waals surface area contributed by atoms with E-state index in [0.717, 1.165) is 0 Å². The summed E-state index contributed by atoms with van der Waals surface area (Å²) >= 11 is 0. The van der Waals surface area contributed by atoms with Gasteiger partial charge in [0.2, 0.25) is 0 Å². The Labute approximate surface area is 152 Å². The summed E-state index contributed by atoms with van der Waals surface area (Å²) in [6.07, 6.45) is -18.1. The number of hydrogen-bond acceptors (Lipinski definition) is 12. The van der Waals surface area contributed by atoms with E-state index >= 15 is 0 Å². The van der Waals surface area contributed by atoms with Crippen LogP contribution in [-0.4, -0.2) is 125 Å². The van der Waals surface area contributed by atoms with Gasteiger partial charge in [-0.15, -0.1) is 0 Å². The predicted molar refractivity (Wildman–Crippen MR) is 80.8 cm³/mol. The molecule has 1 aliphatic heterocycles. The second-order valence-electron chi connectivity index (χ2n) is 5.98. The summed E-state index contributed by atoms with van der Waals surface area (Å²) in [5, 5.41) is 78.5. The SMILES string of the molecule is O=C[C@H](OP(=O)(O)O)[C@@](O)([C@H](O)[C@H](O)CO)[C@H]1O[C@H](CO)[C@@H](O)[C@H](O)[C@H]1O. The highest BCUT2D eigenvalue weighted by atomic mass is 31.2. The lowest BCUT2D eigenvalue weighted by molar-refractivity contribution is -0.304. The molecule has 1 saturated heterocycles. The highest BCUT2D eigenvalue weighted by molar-refractivity contribution is 7.46. The third kappa shape index (κ3) is 5.07. The zero-order valence-electron chi connectivity index (χ0n) is 13.7. The molecule has 0 radical (unpaired) electrons. The van der Waals surface area contributed by atoms with Crippen LogP contribution in [0.1, 0.15) is 0 Å². The monoisotopic (exact) mass is 422 g/mol. The first-order valence-corrected chi connectivity index (χ1v) is 9.07. The van der Waals surface area contributed by atoms with Crippen LogP contribution in [0.5, 0.6) is 0 Å². The van der Waals surface area contributed by atoms with Gasteiger partial charge in [0.15, 0.2) is 18.0 Å². The van der Waals surface area contributed by atoms with E-state index in [1.807, 2.05) is 0 Å². The van der Waals surface area contributed by atoms with Crippen molar-refractivity contribution in [2.75, 3.05) is 13.2 Å². The summed E-state index contributed by atoms with van der Waals surface area (Å²) in [6.45, 7) is -2.18. The van der Waals surface area contributed by atoms with Gasteiger partial charge in [-0.2, -0.15) is 0 Å². The van der Waals surface area contributed by atoms with Crippen molar-refractivity contribution in [2.45, 2.75) is 54.4 Å². The highest BCUT2D eigenvalue weighted by Gasteiger charge is 2.61. The predicted octanol–water partition coefficient (Wildman–Crippen LogP) is -6.05. The molecule has 0 bridgehead atoms. The van der Waals surface area contributed by atoms with Crippen molar-refractivity contribution in [2.24, 2.45) is 0 Å². The highest BCUT2D eigenvalue weighted by Crippen LogP contribution is 2.43. The third-order valence-electron chi connectivity index (χ3n) is 4.20. The maximum Gasteiger partial charge on any atom is 0.470 e. The van der Waals surface area contributed by atoms with E-state index in [0.29, 0.717) is 0 Å². The number of aldehydes is 1. The van der Waals surface area contributed by atoms with Crippen molar-refractivity contribution < 1.29 is 69.3 Å². The third-order valence-corrected chi connectivity index (χ3v) is 4.71. The van der Waals surface area contributed by atoms with Crippen molar-refractivity contribution in [3.63, 3.8) is 0 Å². The van der Waals surface area contributed by atoms with Gasteiger partial charge in [-0.25, -0.2) is 4.57 Å². The molecule has 15 heteroatoms. The Morgan fingerprint density at radius 3 is 2.07 bits per heavy atom. The lowest BCUT2D eigenvalue weighted by Gasteiger charge is -2.50. The largest absolute Gasteiger partial charge is 0.470 e. The second kappa shape index (κ2) is 9.28. The maximum absolute atomic E-state index is 11.3. The number of phosphoric acid groups is 1. The van der Waals surface area contributed by atoms with Gasteiger partial charge in [-0.3, -0.25) is 4.52 Å². The molecule has 1 heterocycles. The number of phosphoric ester groups is 1. The van der Waals surface area contributed by atoms with E-state index in [4.69, 9.17) is 19.6 Å². The minimum Gasteiger partial charge on any atom is -0.394 e. The van der Waals surface area contributed by atoms with Crippen LogP contribution in [0.2, 0.25) is 0 Å². The van der Waals surface area contributed by atoms with Crippen LogP contribution < -0.4 is 0 Å². The van der Waals surface area contributed by atoms with Crippen LogP contribution in [0.3, 0.4) is 0 Å². The van der Waals surface area contributed by atoms with Gasteiger partial charge in [-0.05, 0) is 0 Å². The number of hydrogen-bond donors (Lipinski definition) is 10. The van der Waals surface area contributed by atoms with E-state index < -0.39 is 75.5 Å². The van der Waals surface area contributed by atoms with Crippen molar-refractivity contribution in [1.82, 2.24) is 0 Å². The molecule has 0 saturated carbocycles. The Balaban J connectivity index is 3.47. The zero-order chi connectivity index (χ0) is 21.2. The summed E-state index contributed by atoms with van der Waals surface area (Å²) in [7, 11) is -5.48. The molecule has 0 aromatic heterocycles. The van der Waals surface area contributed by atoms with Crippen LogP contribution in [0, 0.1) is 0 Å². The fraction of sp³-hybridized carbons (Fsp3) is 0.917. The summed E-state index contributed by atoms with van der Waals surface area (Å²) in [5.74, 6) is 0. The number of ether oxygens (including phenoxy) is 1. The standard InChI is InChI=1S/C12H23O14P/c13-1-4(16)10(20)12(21,6(3-15)26-27(22,23)24)11-9(19)8(18)7(17)5(2-14)25-11/h3-11,13-14,16-21H,1-2H2,(H2,22,23,24)/t4-,5-,6+,7-,8+,9-,10-,11+,12-/m1/s1. The molecular weight excluding hydrogens is 399 g/mol. The van der Waals surface area contributed by atoms with E-state index in [1.165, 1.54) is 0 Å². The molecule has 0 aromatic carbocycles. The van der Waals surface area contributed by atoms with Crippen molar-refractivity contribution >= 4 is 14.1 Å². The second-order valence-corrected chi connectivity index (χ2v) is 7.18. The fourth-order valence-corrected chi connectivity index (χ4v) is 3.27. The average molecular weight is 422 g/mol. The van der Waals surface area contributed by atoms with Gasteiger partial charge in [-0.1, -0.05) is 0 Å². The Morgan fingerprint density at radius 1 is 1.11 bits per heavy atom. The molecule has 27 heavy (non-hydrogen) atoms. The Hall–Kier alpha value is -0.580. The van der Waals surface area contributed by atoms with Gasteiger partial charge in [0, 0.05) is 0 Å². The van der Waals surface area contributed by atoms with Gasteiger partial charge in [0.05, 0.1) is 13.2 Å². The minimum absolute atomic E-state index is 0.381. The van der Waals surface area contributed by atoms with Gasteiger partial charge in [0.1, 0.15) is 42.7 Å². The van der Waals surface area contributed by atoms with E-state index in [-0.39, 0.29) is 6.29 Å². The first-order chi connectivity index (χ1) is 12.3. The van der Waals surface area contributed by atoms with Crippen LogP contribution in [0.15, 0.2) is 0 Å². The molecule has 1 rings (SSSR count). The van der Waals surface area contributed by atoms with Gasteiger partial charge >= 0.3 is 7.82 Å². The molecule has 0 aromatic rings. The fourth-order valence-electron chi connectivity index (χ4n) is 2.76. The van der Waals surface area contributed by atoms with Crippen LogP contribution >= 0.6 is 7.82 Å². The number of carbonyl (C=O) groups excluding carboxylic acids is 1. The van der Waals surface area contributed by atoms with Gasteiger partial charge < -0.3 is 60.2 Å². The molecule has 0 aliphatic carbocycles. The summed E-state index contributed by atoms with van der Waals surface area (Å²) in [4.78, 5) is 29.1. The molecule has 1 aliphatic rings. The van der Waals surface area contributed by atoms with Crippen LogP contribution in [0.4, 0.5) is 0 Å². The normalized spacial score (nSPS) is 35.1. The molecular formula is C12H23O14P. The average Bonchev–Trinajstić information content (AvgIpc) is 2.61. The van der Waals surface area contributed by atoms with Crippen LogP contribution in [0.25, 0.3) is 0 Å². The van der Waals surface area contributed by atoms with Crippen molar-refractivity contribution in [3.05, 3.63) is 0 Å². The zero-order valence-corrected chi connectivity index (χ0v) is 14.6. The number of rotatable bonds is 9. The summed E-state index contributed by atoms with van der Waals surface area (Å²) in [5.41, 5.74) is -3.35. The van der Waals surface area contributed by atoms with Gasteiger partial charge in [0.25, 0.3) is 0 Å². The Bertz CT molecular complexity index is 538. The van der Waals surface area contributed by atoms with E-state index in [2.05, 4.69) is 4.52 Å². The Kier molecular flexibility index (Phi) is 8.40. The van der Waals surface area contributed by atoms with E-state index in [1.54, 1.807) is 0 Å². The van der Waals surface area contributed by atoms with E-state index in [9.17, 15) is 45.1 Å². The number of aliphatic hydroxyl groups is 8. The van der Waals surface area contributed by atoms with Crippen LogP contribution in [-0.2, 0) is 18.6 Å². The number of aliphatic hydroxyl groups excluding tert-OH is 7. The Morgan fingerprint density at radius 2 is 1.67 bits per heavy atom. The quantitative estimate of drug-likeness (QED) is 0.123. The van der Waals surface area contributed by atoms with Crippen molar-refractivity contribution in [3.8, 4) is 0 Å². The molecule has 9 atom stereocenters. The molecule has 0 amide bonds. The molecule has 1 fully saturated rings. The molecule has 0 unspecified atom stereocenters. The summed E-state index contributed by atoms with van der Waals surface area (Å²) < 4.78 is 20.2. The smallest absolute Gasteiger partial charge is 0.394 e. The minimum atomic E-state index is -5.48. The lowest BCUT2D eigenvalue weighted by atomic mass is 9.76. The summed E-state index contributed by atoms with van der Waals surface area (Å²) in [6, 6.07) is 0. The first-order valence-electron chi connectivity index (χ1n) is 7.54.